The molecule has 7 heteroatoms. The van der Waals surface area contributed by atoms with Gasteiger partial charge in [0.15, 0.2) is 0 Å². The van der Waals surface area contributed by atoms with Gasteiger partial charge in [-0.15, -0.1) is 0 Å². The summed E-state index contributed by atoms with van der Waals surface area (Å²) in [5.74, 6) is -0.141. The van der Waals surface area contributed by atoms with Crippen LogP contribution in [0.25, 0.3) is 0 Å². The molecule has 2 heterocycles. The van der Waals surface area contributed by atoms with Crippen LogP contribution in [0.4, 0.5) is 16.0 Å². The van der Waals surface area contributed by atoms with Crippen molar-refractivity contribution in [2.75, 3.05) is 17.7 Å². The molecule has 0 unspecified atom stereocenters. The summed E-state index contributed by atoms with van der Waals surface area (Å²) in [4.78, 5) is 19.7. The molecule has 19 heavy (non-hydrogen) atoms. The van der Waals surface area contributed by atoms with Gasteiger partial charge in [-0.1, -0.05) is 11.6 Å². The number of nitrogens with one attached hydrogen (secondary N) is 2. The van der Waals surface area contributed by atoms with Gasteiger partial charge in [0.1, 0.15) is 22.6 Å². The van der Waals surface area contributed by atoms with E-state index in [1.807, 2.05) is 0 Å². The molecule has 0 fully saturated rings. The molecule has 0 spiro atoms. The van der Waals surface area contributed by atoms with E-state index in [2.05, 4.69) is 20.6 Å². The monoisotopic (exact) mass is 280 g/mol. The predicted octanol–water partition coefficient (Wildman–Crippen LogP) is 2.56. The quantitative estimate of drug-likeness (QED) is 0.848. The maximum atomic E-state index is 12.7. The number of anilines is 2. The highest BCUT2D eigenvalue weighted by atomic mass is 35.5. The first-order valence-electron chi connectivity index (χ1n) is 5.37. The Bertz CT molecular complexity index is 603. The molecule has 0 saturated carbocycles. The molecule has 0 aliphatic heterocycles. The van der Waals surface area contributed by atoms with Crippen molar-refractivity contribution in [1.82, 2.24) is 9.97 Å². The Morgan fingerprint density at radius 1 is 1.32 bits per heavy atom. The second-order valence-electron chi connectivity index (χ2n) is 3.63. The zero-order valence-corrected chi connectivity index (χ0v) is 10.7. The second kappa shape index (κ2) is 5.62. The van der Waals surface area contributed by atoms with Crippen LogP contribution in [0, 0.1) is 5.82 Å². The van der Waals surface area contributed by atoms with E-state index in [1.54, 1.807) is 13.1 Å². The van der Waals surface area contributed by atoms with E-state index in [9.17, 15) is 9.18 Å². The van der Waals surface area contributed by atoms with Crippen molar-refractivity contribution in [1.29, 1.82) is 0 Å². The summed E-state index contributed by atoms with van der Waals surface area (Å²) in [6.07, 6.45) is 1.02. The number of pyridine rings is 2. The number of halogens is 2. The van der Waals surface area contributed by atoms with Gasteiger partial charge in [-0.3, -0.25) is 4.79 Å². The Morgan fingerprint density at radius 3 is 2.74 bits per heavy atom. The van der Waals surface area contributed by atoms with Gasteiger partial charge in [0.25, 0.3) is 5.91 Å². The third-order valence-corrected chi connectivity index (χ3v) is 2.48. The van der Waals surface area contributed by atoms with Crippen molar-refractivity contribution in [2.45, 2.75) is 0 Å². The van der Waals surface area contributed by atoms with E-state index in [0.717, 1.165) is 6.20 Å². The lowest BCUT2D eigenvalue weighted by Crippen LogP contribution is -2.13. The van der Waals surface area contributed by atoms with Gasteiger partial charge in [-0.05, 0) is 24.3 Å². The van der Waals surface area contributed by atoms with Crippen LogP contribution in [-0.4, -0.2) is 22.9 Å². The van der Waals surface area contributed by atoms with Crippen LogP contribution in [0.3, 0.4) is 0 Å². The first-order valence-corrected chi connectivity index (χ1v) is 5.74. The molecular weight excluding hydrogens is 271 g/mol. The van der Waals surface area contributed by atoms with Gasteiger partial charge < -0.3 is 10.6 Å². The number of hydrogen-bond acceptors (Lipinski definition) is 4. The standard InChI is InChI=1S/C12H10ClFN4O/c1-15-11-5-7(4-9(13)17-11)12(19)18-10-3-2-8(14)6-16-10/h2-6H,1H3,(H,15,17)(H,16,18,19). The van der Waals surface area contributed by atoms with Crippen molar-refractivity contribution in [3.8, 4) is 0 Å². The van der Waals surface area contributed by atoms with Crippen LogP contribution in [0.15, 0.2) is 30.5 Å². The number of aromatic nitrogens is 2. The summed E-state index contributed by atoms with van der Waals surface area (Å²) in [6, 6.07) is 5.56. The maximum Gasteiger partial charge on any atom is 0.257 e. The molecule has 0 aliphatic rings. The summed E-state index contributed by atoms with van der Waals surface area (Å²) < 4.78 is 12.7. The molecular formula is C12H10ClFN4O. The minimum Gasteiger partial charge on any atom is -0.373 e. The van der Waals surface area contributed by atoms with E-state index in [0.29, 0.717) is 11.4 Å². The molecule has 0 radical (unpaired) electrons. The lowest BCUT2D eigenvalue weighted by atomic mass is 10.2. The van der Waals surface area contributed by atoms with Crippen LogP contribution < -0.4 is 10.6 Å². The highest BCUT2D eigenvalue weighted by Crippen LogP contribution is 2.15. The highest BCUT2D eigenvalue weighted by Gasteiger charge is 2.10. The third kappa shape index (κ3) is 3.38. The molecule has 0 atom stereocenters. The van der Waals surface area contributed by atoms with Crippen molar-refractivity contribution < 1.29 is 9.18 Å². The van der Waals surface area contributed by atoms with Crippen molar-refractivity contribution in [2.24, 2.45) is 0 Å². The lowest BCUT2D eigenvalue weighted by Gasteiger charge is -2.06. The van der Waals surface area contributed by atoms with Crippen LogP contribution in [-0.2, 0) is 0 Å². The van der Waals surface area contributed by atoms with E-state index < -0.39 is 11.7 Å². The number of carbonyl (C=O) groups is 1. The van der Waals surface area contributed by atoms with Crippen LogP contribution in [0.1, 0.15) is 10.4 Å². The average Bonchev–Trinajstić information content (AvgIpc) is 2.40. The first-order chi connectivity index (χ1) is 9.08. The van der Waals surface area contributed by atoms with E-state index in [-0.39, 0.29) is 11.0 Å². The van der Waals surface area contributed by atoms with Crippen molar-refractivity contribution in [3.63, 3.8) is 0 Å². The first kappa shape index (κ1) is 13.2. The fourth-order valence-electron chi connectivity index (χ4n) is 1.39. The smallest absolute Gasteiger partial charge is 0.257 e. The van der Waals surface area contributed by atoms with E-state index >= 15 is 0 Å². The number of hydrogen-bond donors (Lipinski definition) is 2. The number of amides is 1. The number of carbonyl (C=O) groups excluding carboxylic acids is 1. The molecule has 0 aromatic carbocycles. The molecule has 1 amide bonds. The topological polar surface area (TPSA) is 66.9 Å². The number of rotatable bonds is 3. The number of nitrogens with zero attached hydrogens (tertiary/aromatic N) is 2. The second-order valence-corrected chi connectivity index (χ2v) is 4.02. The third-order valence-electron chi connectivity index (χ3n) is 2.28. The van der Waals surface area contributed by atoms with Gasteiger partial charge in [0, 0.05) is 12.6 Å². The minimum atomic E-state index is -0.470. The van der Waals surface area contributed by atoms with Crippen molar-refractivity contribution >= 4 is 29.1 Å². The van der Waals surface area contributed by atoms with Gasteiger partial charge in [-0.2, -0.15) is 0 Å². The lowest BCUT2D eigenvalue weighted by molar-refractivity contribution is 0.102. The molecule has 2 rings (SSSR count). The van der Waals surface area contributed by atoms with Gasteiger partial charge >= 0.3 is 0 Å². The van der Waals surface area contributed by atoms with Crippen LogP contribution >= 0.6 is 11.6 Å². The van der Waals surface area contributed by atoms with Gasteiger partial charge in [0.05, 0.1) is 6.20 Å². The molecule has 2 N–H and O–H groups in total. The molecule has 2 aromatic rings. The van der Waals surface area contributed by atoms with Crippen molar-refractivity contribution in [3.05, 3.63) is 47.0 Å². The van der Waals surface area contributed by atoms with Gasteiger partial charge in [-0.25, -0.2) is 14.4 Å². The highest BCUT2D eigenvalue weighted by molar-refractivity contribution is 6.30. The zero-order valence-electron chi connectivity index (χ0n) is 9.95. The summed E-state index contributed by atoms with van der Waals surface area (Å²) in [7, 11) is 1.67. The maximum absolute atomic E-state index is 12.7. The summed E-state index contributed by atoms with van der Waals surface area (Å²) in [6.45, 7) is 0. The summed E-state index contributed by atoms with van der Waals surface area (Å²) in [5, 5.41) is 5.52. The Balaban J connectivity index is 2.20. The minimum absolute atomic E-state index is 0.198. The zero-order chi connectivity index (χ0) is 13.8. The molecule has 0 saturated heterocycles. The van der Waals surface area contributed by atoms with E-state index in [4.69, 9.17) is 11.6 Å². The molecule has 98 valence electrons. The average molecular weight is 281 g/mol. The normalized spacial score (nSPS) is 10.1. The van der Waals surface area contributed by atoms with Gasteiger partial charge in [0.2, 0.25) is 0 Å². The predicted molar refractivity (Wildman–Crippen MR) is 70.9 cm³/mol. The fraction of sp³-hybridized carbons (Fsp3) is 0.0833. The Hall–Kier alpha value is -2.21. The Kier molecular flexibility index (Phi) is 3.91. The Labute approximate surface area is 113 Å². The molecule has 2 aromatic heterocycles. The van der Waals surface area contributed by atoms with E-state index in [1.165, 1.54) is 18.2 Å². The largest absolute Gasteiger partial charge is 0.373 e. The SMILES string of the molecule is CNc1cc(C(=O)Nc2ccc(F)cn2)cc(Cl)n1. The van der Waals surface area contributed by atoms with Crippen LogP contribution in [0.2, 0.25) is 5.15 Å². The molecule has 0 bridgehead atoms. The summed E-state index contributed by atoms with van der Waals surface area (Å²) in [5.41, 5.74) is 0.329. The fourth-order valence-corrected chi connectivity index (χ4v) is 1.60. The Morgan fingerprint density at radius 2 is 2.11 bits per heavy atom. The molecule has 0 aliphatic carbocycles. The van der Waals surface area contributed by atoms with Crippen LogP contribution in [0.5, 0.6) is 0 Å². The summed E-state index contributed by atoms with van der Waals surface area (Å²) >= 11 is 5.80. The molecule has 5 nitrogen and oxygen atoms in total.